The van der Waals surface area contributed by atoms with E-state index in [2.05, 4.69) is 4.99 Å². The molecule has 0 amide bonds. The molecular formula is C10H10FNO. The van der Waals surface area contributed by atoms with Gasteiger partial charge in [0.15, 0.2) is 0 Å². The van der Waals surface area contributed by atoms with E-state index < -0.39 is 0 Å². The van der Waals surface area contributed by atoms with Gasteiger partial charge in [-0.1, -0.05) is 6.07 Å². The first kappa shape index (κ1) is 9.62. The van der Waals surface area contributed by atoms with Crippen molar-refractivity contribution in [3.05, 3.63) is 35.1 Å². The number of nitrogens with zero attached hydrogens (tertiary/aromatic N) is 1. The zero-order valence-electron chi connectivity index (χ0n) is 7.54. The van der Waals surface area contributed by atoms with Crippen LogP contribution in [0.25, 0.3) is 0 Å². The van der Waals surface area contributed by atoms with E-state index in [1.54, 1.807) is 19.9 Å². The maximum absolute atomic E-state index is 12.9. The summed E-state index contributed by atoms with van der Waals surface area (Å²) in [5.41, 5.74) is 1.52. The van der Waals surface area contributed by atoms with Crippen LogP contribution in [-0.2, 0) is 4.79 Å². The molecule has 0 saturated heterocycles. The van der Waals surface area contributed by atoms with Gasteiger partial charge in [0, 0.05) is 0 Å². The second-order valence-electron chi connectivity index (χ2n) is 2.96. The molecule has 0 aliphatic heterocycles. The molecule has 0 heterocycles. The normalized spacial score (nSPS) is 11.9. The number of rotatable bonds is 2. The van der Waals surface area contributed by atoms with E-state index in [4.69, 9.17) is 0 Å². The third kappa shape index (κ3) is 2.49. The van der Waals surface area contributed by atoms with Crippen LogP contribution < -0.4 is 0 Å². The highest BCUT2D eigenvalue weighted by Gasteiger charge is 2.05. The number of aliphatic imine (C=N–C) groups is 1. The molecule has 0 spiro atoms. The van der Waals surface area contributed by atoms with E-state index in [1.807, 2.05) is 0 Å². The molecule has 0 N–H and O–H groups in total. The van der Waals surface area contributed by atoms with E-state index in [-0.39, 0.29) is 11.9 Å². The van der Waals surface area contributed by atoms with Crippen LogP contribution in [0.5, 0.6) is 0 Å². The Hall–Kier alpha value is -1.47. The Bertz CT molecular complexity index is 336. The minimum absolute atomic E-state index is 0.303. The lowest BCUT2D eigenvalue weighted by Crippen LogP contribution is -1.91. The van der Waals surface area contributed by atoms with Crippen molar-refractivity contribution in [2.45, 2.75) is 19.9 Å². The van der Waals surface area contributed by atoms with Gasteiger partial charge in [-0.25, -0.2) is 9.18 Å². The summed E-state index contributed by atoms with van der Waals surface area (Å²) >= 11 is 0. The SMILES string of the molecule is Cc1cc(F)cc(C(C)N=C=O)c1. The predicted octanol–water partition coefficient (Wildman–Crippen LogP) is 2.53. The molecule has 0 aromatic heterocycles. The molecule has 0 aliphatic carbocycles. The average molecular weight is 179 g/mol. The number of benzene rings is 1. The van der Waals surface area contributed by atoms with Crippen LogP contribution in [0, 0.1) is 12.7 Å². The molecule has 1 aromatic rings. The summed E-state index contributed by atoms with van der Waals surface area (Å²) in [6, 6.07) is 4.28. The van der Waals surface area contributed by atoms with Crippen LogP contribution in [0.15, 0.2) is 23.2 Å². The Morgan fingerprint density at radius 2 is 2.15 bits per heavy atom. The number of hydrogen-bond donors (Lipinski definition) is 0. The summed E-state index contributed by atoms with van der Waals surface area (Å²) in [7, 11) is 0. The molecule has 68 valence electrons. The van der Waals surface area contributed by atoms with Crippen LogP contribution >= 0.6 is 0 Å². The molecular weight excluding hydrogens is 169 g/mol. The fourth-order valence-electron chi connectivity index (χ4n) is 1.16. The smallest absolute Gasteiger partial charge is 0.211 e. The van der Waals surface area contributed by atoms with Crippen LogP contribution in [0.2, 0.25) is 0 Å². The van der Waals surface area contributed by atoms with Gasteiger partial charge in [-0.05, 0) is 37.1 Å². The van der Waals surface area contributed by atoms with Gasteiger partial charge in [0.2, 0.25) is 6.08 Å². The van der Waals surface area contributed by atoms with Gasteiger partial charge in [0.1, 0.15) is 5.82 Å². The lowest BCUT2D eigenvalue weighted by atomic mass is 10.1. The van der Waals surface area contributed by atoms with Gasteiger partial charge < -0.3 is 0 Å². The largest absolute Gasteiger partial charge is 0.235 e. The van der Waals surface area contributed by atoms with Crippen molar-refractivity contribution in [1.29, 1.82) is 0 Å². The number of isocyanates is 1. The zero-order valence-corrected chi connectivity index (χ0v) is 7.54. The lowest BCUT2D eigenvalue weighted by Gasteiger charge is -2.05. The summed E-state index contributed by atoms with van der Waals surface area (Å²) in [6.45, 7) is 3.52. The summed E-state index contributed by atoms with van der Waals surface area (Å²) in [5.74, 6) is -0.303. The molecule has 13 heavy (non-hydrogen) atoms. The third-order valence-corrected chi connectivity index (χ3v) is 1.79. The molecule has 0 radical (unpaired) electrons. The summed E-state index contributed by atoms with van der Waals surface area (Å²) < 4.78 is 12.9. The van der Waals surface area contributed by atoms with Gasteiger partial charge in [0.05, 0.1) is 6.04 Å². The standard InChI is InChI=1S/C10H10FNO/c1-7-3-9(5-10(11)4-7)8(2)12-6-13/h3-5,8H,1-2H3. The van der Waals surface area contributed by atoms with Crippen LogP contribution in [0.3, 0.4) is 0 Å². The number of carbonyl (C=O) groups excluding carboxylic acids is 1. The minimum Gasteiger partial charge on any atom is -0.211 e. The molecule has 1 aromatic carbocycles. The second-order valence-corrected chi connectivity index (χ2v) is 2.96. The third-order valence-electron chi connectivity index (χ3n) is 1.79. The topological polar surface area (TPSA) is 29.4 Å². The highest BCUT2D eigenvalue weighted by atomic mass is 19.1. The summed E-state index contributed by atoms with van der Waals surface area (Å²) in [5, 5.41) is 0. The van der Waals surface area contributed by atoms with Crippen molar-refractivity contribution >= 4 is 6.08 Å². The van der Waals surface area contributed by atoms with Crippen molar-refractivity contribution in [2.24, 2.45) is 4.99 Å². The first-order valence-corrected chi connectivity index (χ1v) is 3.97. The zero-order chi connectivity index (χ0) is 9.84. The molecule has 1 unspecified atom stereocenters. The van der Waals surface area contributed by atoms with Crippen molar-refractivity contribution in [3.8, 4) is 0 Å². The molecule has 2 nitrogen and oxygen atoms in total. The van der Waals surface area contributed by atoms with Crippen LogP contribution in [0.4, 0.5) is 4.39 Å². The van der Waals surface area contributed by atoms with E-state index in [1.165, 1.54) is 18.2 Å². The number of halogens is 1. The maximum atomic E-state index is 12.9. The summed E-state index contributed by atoms with van der Waals surface area (Å²) in [6.07, 6.45) is 1.46. The average Bonchev–Trinajstić information content (AvgIpc) is 2.03. The molecule has 0 aliphatic rings. The van der Waals surface area contributed by atoms with Crippen LogP contribution in [-0.4, -0.2) is 6.08 Å². The Labute approximate surface area is 76.1 Å². The fraction of sp³-hybridized carbons (Fsp3) is 0.300. The molecule has 0 bridgehead atoms. The molecule has 0 fully saturated rings. The van der Waals surface area contributed by atoms with Crippen molar-refractivity contribution in [1.82, 2.24) is 0 Å². The molecule has 1 rings (SSSR count). The second kappa shape index (κ2) is 3.97. The van der Waals surface area contributed by atoms with Gasteiger partial charge >= 0.3 is 0 Å². The van der Waals surface area contributed by atoms with Crippen molar-refractivity contribution in [3.63, 3.8) is 0 Å². The predicted molar refractivity (Wildman–Crippen MR) is 47.7 cm³/mol. The van der Waals surface area contributed by atoms with E-state index in [0.29, 0.717) is 5.56 Å². The first-order valence-electron chi connectivity index (χ1n) is 3.97. The Kier molecular flexibility index (Phi) is 2.93. The monoisotopic (exact) mass is 179 g/mol. The maximum Gasteiger partial charge on any atom is 0.235 e. The Morgan fingerprint density at radius 1 is 1.46 bits per heavy atom. The van der Waals surface area contributed by atoms with E-state index >= 15 is 0 Å². The Morgan fingerprint density at radius 3 is 2.69 bits per heavy atom. The highest BCUT2D eigenvalue weighted by molar-refractivity contribution is 5.36. The number of hydrogen-bond acceptors (Lipinski definition) is 2. The van der Waals surface area contributed by atoms with Gasteiger partial charge in [-0.15, -0.1) is 0 Å². The van der Waals surface area contributed by atoms with Gasteiger partial charge in [-0.3, -0.25) is 0 Å². The van der Waals surface area contributed by atoms with Gasteiger partial charge in [0.25, 0.3) is 0 Å². The highest BCUT2D eigenvalue weighted by Crippen LogP contribution is 2.18. The van der Waals surface area contributed by atoms with Crippen molar-refractivity contribution < 1.29 is 9.18 Å². The summed E-state index contributed by atoms with van der Waals surface area (Å²) in [4.78, 5) is 13.5. The number of aryl methyl sites for hydroxylation is 1. The molecule has 3 heteroatoms. The first-order chi connectivity index (χ1) is 6.13. The van der Waals surface area contributed by atoms with E-state index in [0.717, 1.165) is 5.56 Å². The Balaban J connectivity index is 3.07. The fourth-order valence-corrected chi connectivity index (χ4v) is 1.16. The molecule has 1 atom stereocenters. The van der Waals surface area contributed by atoms with Gasteiger partial charge in [-0.2, -0.15) is 4.99 Å². The van der Waals surface area contributed by atoms with E-state index in [9.17, 15) is 9.18 Å². The lowest BCUT2D eigenvalue weighted by molar-refractivity contribution is 0.559. The van der Waals surface area contributed by atoms with Crippen LogP contribution in [0.1, 0.15) is 24.1 Å². The molecule has 0 saturated carbocycles. The van der Waals surface area contributed by atoms with Crippen molar-refractivity contribution in [2.75, 3.05) is 0 Å². The minimum atomic E-state index is -0.327. The quantitative estimate of drug-likeness (QED) is 0.506.